The highest BCUT2D eigenvalue weighted by molar-refractivity contribution is 5.49. The molecule has 8 unspecified atom stereocenters. The monoisotopic (exact) mass is 432 g/mol. The lowest BCUT2D eigenvalue weighted by Gasteiger charge is -2.58. The summed E-state index contributed by atoms with van der Waals surface area (Å²) in [4.78, 5) is 0. The second kappa shape index (κ2) is 8.38. The third-order valence-electron chi connectivity index (χ3n) is 11.3. The van der Waals surface area contributed by atoms with Gasteiger partial charge in [-0.3, -0.25) is 0 Å². The Morgan fingerprint density at radius 1 is 1.03 bits per heavy atom. The van der Waals surface area contributed by atoms with E-state index < -0.39 is 0 Å². The van der Waals surface area contributed by atoms with Gasteiger partial charge < -0.3 is 5.32 Å². The van der Waals surface area contributed by atoms with Gasteiger partial charge in [0.15, 0.2) is 0 Å². The minimum absolute atomic E-state index is 0.465. The highest BCUT2D eigenvalue weighted by Crippen LogP contribution is 2.65. The molecule has 4 fully saturated rings. The normalized spacial score (nSPS) is 44.0. The van der Waals surface area contributed by atoms with Crippen molar-refractivity contribution in [1.82, 2.24) is 0 Å². The van der Waals surface area contributed by atoms with E-state index in [1.807, 2.05) is 18.2 Å². The average molecular weight is 433 g/mol. The van der Waals surface area contributed by atoms with Gasteiger partial charge in [-0.2, -0.15) is 5.26 Å². The van der Waals surface area contributed by atoms with Crippen molar-refractivity contribution in [3.05, 3.63) is 29.8 Å². The summed E-state index contributed by atoms with van der Waals surface area (Å²) in [5, 5.41) is 13.1. The number of nitrogens with zero attached hydrogens (tertiary/aromatic N) is 1. The van der Waals surface area contributed by atoms with Gasteiger partial charge in [0.05, 0.1) is 11.6 Å². The summed E-state index contributed by atoms with van der Waals surface area (Å²) in [6.07, 6.45) is 14.6. The molecule has 4 saturated carbocycles. The topological polar surface area (TPSA) is 35.8 Å². The lowest BCUT2D eigenvalue weighted by atomic mass is 9.48. The van der Waals surface area contributed by atoms with E-state index in [4.69, 9.17) is 0 Å². The summed E-state index contributed by atoms with van der Waals surface area (Å²) in [6, 6.07) is 10.8. The van der Waals surface area contributed by atoms with Crippen LogP contribution in [0.3, 0.4) is 0 Å². The zero-order chi connectivity index (χ0) is 22.5. The first-order valence-electron chi connectivity index (χ1n) is 13.6. The average Bonchev–Trinajstić information content (AvgIpc) is 3.16. The first-order valence-corrected chi connectivity index (χ1v) is 13.6. The lowest BCUT2D eigenvalue weighted by molar-refractivity contribution is -0.0793. The van der Waals surface area contributed by atoms with E-state index in [9.17, 15) is 5.26 Å². The second-order valence-electron chi connectivity index (χ2n) is 12.7. The van der Waals surface area contributed by atoms with Gasteiger partial charge in [0.1, 0.15) is 0 Å². The van der Waals surface area contributed by atoms with E-state index in [1.54, 1.807) is 0 Å². The zero-order valence-electron chi connectivity index (χ0n) is 20.9. The molecule has 9 atom stereocenters. The molecule has 0 heterocycles. The van der Waals surface area contributed by atoms with Gasteiger partial charge in [-0.15, -0.1) is 0 Å². The van der Waals surface area contributed by atoms with E-state index >= 15 is 0 Å². The van der Waals surface area contributed by atoms with Crippen molar-refractivity contribution in [3.8, 4) is 6.07 Å². The molecule has 0 amide bonds. The summed E-state index contributed by atoms with van der Waals surface area (Å²) in [7, 11) is 0. The molecular formula is C30H44N2. The number of benzene rings is 1. The Bertz CT molecular complexity index is 870. The van der Waals surface area contributed by atoms with Crippen LogP contribution in [0.4, 0.5) is 5.69 Å². The van der Waals surface area contributed by atoms with E-state index in [1.165, 1.54) is 64.2 Å². The molecule has 0 aliphatic heterocycles. The Kier molecular flexibility index (Phi) is 5.84. The predicted octanol–water partition coefficient (Wildman–Crippen LogP) is 8.04. The Balaban J connectivity index is 1.29. The van der Waals surface area contributed by atoms with Gasteiger partial charge in [-0.05, 0) is 129 Å². The van der Waals surface area contributed by atoms with Crippen LogP contribution in [-0.2, 0) is 0 Å². The molecule has 1 N–H and O–H groups in total. The SMILES string of the molecule is CC[C@@]1(C)CCC2C(CCC3C2CCC2(C)C(C(C)Nc4cccc(C#N)c4)CCC32)C1. The van der Waals surface area contributed by atoms with Crippen LogP contribution in [-0.4, -0.2) is 6.04 Å². The number of nitrogens with one attached hydrogen (secondary N) is 1. The highest BCUT2D eigenvalue weighted by atomic mass is 14.9. The second-order valence-corrected chi connectivity index (χ2v) is 12.7. The van der Waals surface area contributed by atoms with E-state index in [2.05, 4.69) is 45.1 Å². The molecule has 4 aliphatic rings. The number of rotatable bonds is 4. The van der Waals surface area contributed by atoms with Crippen molar-refractivity contribution >= 4 is 5.69 Å². The van der Waals surface area contributed by atoms with Gasteiger partial charge in [-0.1, -0.05) is 33.3 Å². The summed E-state index contributed by atoms with van der Waals surface area (Å²) in [6.45, 7) is 10.0. The van der Waals surface area contributed by atoms with Crippen molar-refractivity contribution in [2.24, 2.45) is 46.3 Å². The Hall–Kier alpha value is -1.49. The summed E-state index contributed by atoms with van der Waals surface area (Å²) < 4.78 is 0. The molecule has 2 heteroatoms. The van der Waals surface area contributed by atoms with E-state index in [-0.39, 0.29) is 0 Å². The predicted molar refractivity (Wildman–Crippen MR) is 133 cm³/mol. The van der Waals surface area contributed by atoms with Crippen LogP contribution in [0.2, 0.25) is 0 Å². The first kappa shape index (κ1) is 22.3. The summed E-state index contributed by atoms with van der Waals surface area (Å²) in [5.41, 5.74) is 2.97. The molecule has 0 saturated heterocycles. The standard InChI is InChI=1S/C30H44N2/c1-5-29(3)15-13-24-22(18-29)9-10-26-25(24)14-16-30(4)27(11-12-28(26)30)20(2)32-23-8-6-7-21(17-23)19-31/h6-8,17,20,22,24-28,32H,5,9-16,18H2,1-4H3/t20?,22?,24?,25?,26?,27?,28?,29-,30?/m0/s1. The maximum atomic E-state index is 9.26. The third-order valence-corrected chi connectivity index (χ3v) is 11.3. The van der Waals surface area contributed by atoms with Gasteiger partial charge >= 0.3 is 0 Å². The van der Waals surface area contributed by atoms with Crippen molar-refractivity contribution in [3.63, 3.8) is 0 Å². The van der Waals surface area contributed by atoms with E-state index in [0.29, 0.717) is 16.9 Å². The number of hydrogen-bond donors (Lipinski definition) is 1. The Labute approximate surface area is 196 Å². The molecule has 4 aliphatic carbocycles. The molecule has 1 aromatic rings. The summed E-state index contributed by atoms with van der Waals surface area (Å²) >= 11 is 0. The van der Waals surface area contributed by atoms with Gasteiger partial charge in [0.25, 0.3) is 0 Å². The highest BCUT2D eigenvalue weighted by Gasteiger charge is 2.58. The van der Waals surface area contributed by atoms with Crippen molar-refractivity contribution in [2.75, 3.05) is 5.32 Å². The van der Waals surface area contributed by atoms with Gasteiger partial charge in [-0.25, -0.2) is 0 Å². The Morgan fingerprint density at radius 3 is 2.62 bits per heavy atom. The minimum Gasteiger partial charge on any atom is -0.382 e. The fraction of sp³-hybridized carbons (Fsp3) is 0.767. The van der Waals surface area contributed by atoms with Crippen LogP contribution in [0.15, 0.2) is 24.3 Å². The zero-order valence-corrected chi connectivity index (χ0v) is 20.9. The fourth-order valence-electron chi connectivity index (χ4n) is 9.41. The third kappa shape index (κ3) is 3.69. The van der Waals surface area contributed by atoms with E-state index in [0.717, 1.165) is 46.8 Å². The number of nitriles is 1. The molecule has 2 nitrogen and oxygen atoms in total. The van der Waals surface area contributed by atoms with Crippen LogP contribution in [0, 0.1) is 57.7 Å². The first-order chi connectivity index (χ1) is 15.4. The molecule has 0 bridgehead atoms. The quantitative estimate of drug-likeness (QED) is 0.522. The summed E-state index contributed by atoms with van der Waals surface area (Å²) in [5.74, 6) is 5.72. The molecule has 1 aromatic carbocycles. The van der Waals surface area contributed by atoms with Crippen LogP contribution >= 0.6 is 0 Å². The van der Waals surface area contributed by atoms with Crippen LogP contribution in [0.25, 0.3) is 0 Å². The van der Waals surface area contributed by atoms with Crippen molar-refractivity contribution < 1.29 is 0 Å². The van der Waals surface area contributed by atoms with Crippen molar-refractivity contribution in [1.29, 1.82) is 5.26 Å². The molecule has 0 radical (unpaired) electrons. The molecule has 0 aromatic heterocycles. The van der Waals surface area contributed by atoms with Crippen LogP contribution in [0.1, 0.15) is 97.5 Å². The largest absolute Gasteiger partial charge is 0.382 e. The van der Waals surface area contributed by atoms with Gasteiger partial charge in [0.2, 0.25) is 0 Å². The molecule has 32 heavy (non-hydrogen) atoms. The molecule has 174 valence electrons. The molecule has 5 rings (SSSR count). The smallest absolute Gasteiger partial charge is 0.0992 e. The van der Waals surface area contributed by atoms with Gasteiger partial charge in [0, 0.05) is 11.7 Å². The number of anilines is 1. The van der Waals surface area contributed by atoms with Crippen molar-refractivity contribution in [2.45, 2.75) is 97.9 Å². The van der Waals surface area contributed by atoms with Crippen LogP contribution in [0.5, 0.6) is 0 Å². The Morgan fingerprint density at radius 2 is 1.84 bits per heavy atom. The molecule has 0 spiro atoms. The number of hydrogen-bond acceptors (Lipinski definition) is 2. The minimum atomic E-state index is 0.465. The maximum Gasteiger partial charge on any atom is 0.0992 e. The van der Waals surface area contributed by atoms with Crippen LogP contribution < -0.4 is 5.32 Å². The number of fused-ring (bicyclic) bond motifs is 5. The molecular weight excluding hydrogens is 388 g/mol. The lowest BCUT2D eigenvalue weighted by Crippen LogP contribution is -2.50. The fourth-order valence-corrected chi connectivity index (χ4v) is 9.41. The maximum absolute atomic E-state index is 9.26.